The Bertz CT molecular complexity index is 261. The molecular weight excluding hydrogens is 224 g/mol. The molecule has 1 saturated carbocycles. The quantitative estimate of drug-likeness (QED) is 0.827. The Labute approximate surface area is 112 Å². The van der Waals surface area contributed by atoms with Crippen molar-refractivity contribution in [3.63, 3.8) is 0 Å². The first-order valence-electron chi connectivity index (χ1n) is 7.86. The van der Waals surface area contributed by atoms with Gasteiger partial charge in [0.25, 0.3) is 0 Å². The van der Waals surface area contributed by atoms with Crippen LogP contribution in [-0.4, -0.2) is 22.9 Å². The Balaban J connectivity index is 2.06. The molecule has 3 atom stereocenters. The first kappa shape index (κ1) is 14.3. The monoisotopic (exact) mass is 254 g/mol. The van der Waals surface area contributed by atoms with Gasteiger partial charge in [-0.2, -0.15) is 0 Å². The molecule has 2 heteroatoms. The van der Waals surface area contributed by atoms with Crippen LogP contribution < -0.4 is 0 Å². The third-order valence-corrected chi connectivity index (χ3v) is 5.69. The maximum Gasteiger partial charge on any atom is 0.0686 e. The van der Waals surface area contributed by atoms with E-state index in [1.165, 1.54) is 32.1 Å². The first-order valence-corrected chi connectivity index (χ1v) is 7.86. The largest absolute Gasteiger partial charge is 0.390 e. The lowest BCUT2D eigenvalue weighted by Crippen LogP contribution is -2.50. The molecule has 0 bridgehead atoms. The lowest BCUT2D eigenvalue weighted by molar-refractivity contribution is -0.163. The second-order valence-electron chi connectivity index (χ2n) is 6.82. The van der Waals surface area contributed by atoms with Crippen LogP contribution in [0.2, 0.25) is 0 Å². The minimum atomic E-state index is -0.525. The number of hydrogen-bond donors (Lipinski definition) is 1. The number of aliphatic hydroxyl groups is 1. The highest BCUT2D eigenvalue weighted by molar-refractivity contribution is 4.96. The van der Waals surface area contributed by atoms with Crippen molar-refractivity contribution >= 4 is 0 Å². The van der Waals surface area contributed by atoms with E-state index in [-0.39, 0.29) is 5.60 Å². The maximum absolute atomic E-state index is 10.9. The van der Waals surface area contributed by atoms with Crippen LogP contribution in [0.3, 0.4) is 0 Å². The SMILES string of the molecule is CCC(C)C(C)(O)C1CCOC2(CCCCC2)C1. The zero-order valence-corrected chi connectivity index (χ0v) is 12.4. The molecule has 2 aliphatic rings. The second kappa shape index (κ2) is 5.50. The second-order valence-corrected chi connectivity index (χ2v) is 6.82. The Kier molecular flexibility index (Phi) is 4.38. The van der Waals surface area contributed by atoms with E-state index in [1.807, 2.05) is 6.92 Å². The highest BCUT2D eigenvalue weighted by Crippen LogP contribution is 2.45. The van der Waals surface area contributed by atoms with E-state index in [2.05, 4.69) is 13.8 Å². The lowest BCUT2D eigenvalue weighted by atomic mass is 9.67. The van der Waals surface area contributed by atoms with Gasteiger partial charge in [0.2, 0.25) is 0 Å². The van der Waals surface area contributed by atoms with E-state index >= 15 is 0 Å². The van der Waals surface area contributed by atoms with Crippen molar-refractivity contribution in [2.75, 3.05) is 6.61 Å². The van der Waals surface area contributed by atoms with Crippen LogP contribution in [0, 0.1) is 11.8 Å². The summed E-state index contributed by atoms with van der Waals surface area (Å²) in [7, 11) is 0. The van der Waals surface area contributed by atoms with Gasteiger partial charge in [0.1, 0.15) is 0 Å². The number of hydrogen-bond acceptors (Lipinski definition) is 2. The van der Waals surface area contributed by atoms with Gasteiger partial charge in [-0.3, -0.25) is 0 Å². The van der Waals surface area contributed by atoms with E-state index in [9.17, 15) is 5.11 Å². The summed E-state index contributed by atoms with van der Waals surface area (Å²) >= 11 is 0. The fraction of sp³-hybridized carbons (Fsp3) is 1.00. The first-order chi connectivity index (χ1) is 8.50. The summed E-state index contributed by atoms with van der Waals surface area (Å²) in [5.41, 5.74) is -0.415. The number of rotatable bonds is 3. The smallest absolute Gasteiger partial charge is 0.0686 e. The molecular formula is C16H30O2. The molecule has 1 heterocycles. The molecule has 0 aromatic rings. The zero-order chi connectivity index (χ0) is 13.2. The van der Waals surface area contributed by atoms with E-state index in [1.54, 1.807) is 0 Å². The van der Waals surface area contributed by atoms with Gasteiger partial charge in [-0.1, -0.05) is 39.5 Å². The van der Waals surface area contributed by atoms with E-state index < -0.39 is 5.60 Å². The van der Waals surface area contributed by atoms with Crippen LogP contribution in [0.4, 0.5) is 0 Å². The van der Waals surface area contributed by atoms with Gasteiger partial charge in [-0.05, 0) is 44.4 Å². The average molecular weight is 254 g/mol. The van der Waals surface area contributed by atoms with Gasteiger partial charge in [0, 0.05) is 6.61 Å². The highest BCUT2D eigenvalue weighted by atomic mass is 16.5. The van der Waals surface area contributed by atoms with Gasteiger partial charge >= 0.3 is 0 Å². The maximum atomic E-state index is 10.9. The van der Waals surface area contributed by atoms with Crippen LogP contribution >= 0.6 is 0 Å². The van der Waals surface area contributed by atoms with Gasteiger partial charge in [0.05, 0.1) is 11.2 Å². The van der Waals surface area contributed by atoms with E-state index in [0.29, 0.717) is 11.8 Å². The van der Waals surface area contributed by atoms with Gasteiger partial charge in [0.15, 0.2) is 0 Å². The van der Waals surface area contributed by atoms with Crippen LogP contribution in [-0.2, 0) is 4.74 Å². The van der Waals surface area contributed by atoms with Crippen molar-refractivity contribution < 1.29 is 9.84 Å². The Morgan fingerprint density at radius 1 is 1.33 bits per heavy atom. The normalized spacial score (nSPS) is 33.0. The van der Waals surface area contributed by atoms with Crippen LogP contribution in [0.1, 0.15) is 72.1 Å². The third kappa shape index (κ3) is 2.75. The number of ether oxygens (including phenoxy) is 1. The summed E-state index contributed by atoms with van der Waals surface area (Å²) in [6, 6.07) is 0. The standard InChI is InChI=1S/C16H30O2/c1-4-13(2)15(3,17)14-8-11-18-16(12-14)9-6-5-7-10-16/h13-14,17H,4-12H2,1-3H3. The molecule has 0 aromatic carbocycles. The molecule has 0 amide bonds. The van der Waals surface area contributed by atoms with Crippen molar-refractivity contribution in [3.05, 3.63) is 0 Å². The van der Waals surface area contributed by atoms with E-state index in [4.69, 9.17) is 4.74 Å². The summed E-state index contributed by atoms with van der Waals surface area (Å²) in [6.07, 6.45) is 9.54. The minimum absolute atomic E-state index is 0.110. The van der Waals surface area contributed by atoms with Gasteiger partial charge in [-0.15, -0.1) is 0 Å². The van der Waals surface area contributed by atoms with Crippen LogP contribution in [0.15, 0.2) is 0 Å². The van der Waals surface area contributed by atoms with Crippen molar-refractivity contribution in [2.24, 2.45) is 11.8 Å². The molecule has 2 fully saturated rings. The average Bonchev–Trinajstić information content (AvgIpc) is 2.38. The summed E-state index contributed by atoms with van der Waals surface area (Å²) in [6.45, 7) is 7.25. The van der Waals surface area contributed by atoms with Crippen LogP contribution in [0.5, 0.6) is 0 Å². The molecule has 1 aliphatic heterocycles. The van der Waals surface area contributed by atoms with Crippen LogP contribution in [0.25, 0.3) is 0 Å². The molecule has 106 valence electrons. The fourth-order valence-electron chi connectivity index (χ4n) is 3.89. The predicted molar refractivity (Wildman–Crippen MR) is 74.6 cm³/mol. The molecule has 2 nitrogen and oxygen atoms in total. The summed E-state index contributed by atoms with van der Waals surface area (Å²) in [4.78, 5) is 0. The van der Waals surface area contributed by atoms with Crippen molar-refractivity contribution in [3.8, 4) is 0 Å². The Hall–Kier alpha value is -0.0800. The van der Waals surface area contributed by atoms with Gasteiger partial charge < -0.3 is 9.84 Å². The minimum Gasteiger partial charge on any atom is -0.390 e. The zero-order valence-electron chi connectivity index (χ0n) is 12.4. The van der Waals surface area contributed by atoms with E-state index in [0.717, 1.165) is 25.9 Å². The molecule has 0 radical (unpaired) electrons. The molecule has 1 saturated heterocycles. The summed E-state index contributed by atoms with van der Waals surface area (Å²) < 4.78 is 6.13. The summed E-state index contributed by atoms with van der Waals surface area (Å²) in [5.74, 6) is 0.792. The third-order valence-electron chi connectivity index (χ3n) is 5.69. The summed E-state index contributed by atoms with van der Waals surface area (Å²) in [5, 5.41) is 10.9. The topological polar surface area (TPSA) is 29.5 Å². The molecule has 2 rings (SSSR count). The van der Waals surface area contributed by atoms with Gasteiger partial charge in [-0.25, -0.2) is 0 Å². The van der Waals surface area contributed by atoms with Crippen molar-refractivity contribution in [1.29, 1.82) is 0 Å². The molecule has 18 heavy (non-hydrogen) atoms. The lowest BCUT2D eigenvalue weighted by Gasteiger charge is -2.48. The molecule has 1 aliphatic carbocycles. The molecule has 1 spiro atoms. The predicted octanol–water partition coefficient (Wildman–Crippen LogP) is 3.91. The fourth-order valence-corrected chi connectivity index (χ4v) is 3.89. The van der Waals surface area contributed by atoms with Crippen molar-refractivity contribution in [2.45, 2.75) is 83.3 Å². The Morgan fingerprint density at radius 3 is 2.61 bits per heavy atom. The highest BCUT2D eigenvalue weighted by Gasteiger charge is 2.45. The molecule has 3 unspecified atom stereocenters. The Morgan fingerprint density at radius 2 is 2.00 bits per heavy atom. The molecule has 1 N–H and O–H groups in total. The molecule has 0 aromatic heterocycles. The van der Waals surface area contributed by atoms with Crippen molar-refractivity contribution in [1.82, 2.24) is 0 Å².